The van der Waals surface area contributed by atoms with Crippen molar-refractivity contribution in [2.75, 3.05) is 0 Å². The van der Waals surface area contributed by atoms with Gasteiger partial charge in [0.25, 0.3) is 0 Å². The van der Waals surface area contributed by atoms with Crippen LogP contribution in [0.5, 0.6) is 0 Å². The van der Waals surface area contributed by atoms with Gasteiger partial charge >= 0.3 is 0 Å². The van der Waals surface area contributed by atoms with Crippen LogP contribution in [0.1, 0.15) is 32.3 Å². The quantitative estimate of drug-likeness (QED) is 0.835. The Balaban J connectivity index is 2.59. The van der Waals surface area contributed by atoms with Gasteiger partial charge in [0, 0.05) is 5.02 Å². The van der Waals surface area contributed by atoms with Crippen LogP contribution in [-0.2, 0) is 6.42 Å². The Hall–Kier alpha value is -0.600. The molecule has 0 saturated heterocycles. The van der Waals surface area contributed by atoms with Crippen LogP contribution in [0.2, 0.25) is 5.02 Å². The fourth-order valence-electron chi connectivity index (χ4n) is 1.66. The summed E-state index contributed by atoms with van der Waals surface area (Å²) in [5.74, 6) is 0.152. The maximum atomic E-state index is 12.8. The molecule has 0 heterocycles. The molecule has 0 fully saturated rings. The molecule has 0 bridgehead atoms. The maximum absolute atomic E-state index is 12.8. The molecule has 0 spiro atoms. The van der Waals surface area contributed by atoms with Crippen molar-refractivity contribution in [1.82, 2.24) is 0 Å². The Morgan fingerprint density at radius 1 is 1.44 bits per heavy atom. The van der Waals surface area contributed by atoms with E-state index in [2.05, 4.69) is 13.8 Å². The summed E-state index contributed by atoms with van der Waals surface area (Å²) < 4.78 is 12.8. The van der Waals surface area contributed by atoms with Crippen LogP contribution >= 0.6 is 11.6 Å². The molecule has 0 radical (unpaired) electrons. The van der Waals surface area contributed by atoms with E-state index in [1.807, 2.05) is 0 Å². The minimum Gasteiger partial charge on any atom is -0.393 e. The second-order valence-electron chi connectivity index (χ2n) is 4.34. The zero-order valence-corrected chi connectivity index (χ0v) is 10.5. The average Bonchev–Trinajstić information content (AvgIpc) is 2.22. The molecule has 1 rings (SSSR count). The summed E-state index contributed by atoms with van der Waals surface area (Å²) in [6.07, 6.45) is 1.89. The van der Waals surface area contributed by atoms with Crippen molar-refractivity contribution in [1.29, 1.82) is 0 Å². The van der Waals surface area contributed by atoms with Gasteiger partial charge in [-0.2, -0.15) is 0 Å². The number of hydrogen-bond donors (Lipinski definition) is 1. The van der Waals surface area contributed by atoms with Gasteiger partial charge in [-0.05, 0) is 36.5 Å². The lowest BCUT2D eigenvalue weighted by Crippen LogP contribution is -2.14. The number of hydrogen-bond acceptors (Lipinski definition) is 1. The van der Waals surface area contributed by atoms with Gasteiger partial charge in [-0.3, -0.25) is 0 Å². The van der Waals surface area contributed by atoms with Crippen LogP contribution in [0.25, 0.3) is 0 Å². The molecule has 0 aliphatic rings. The molecule has 2 unspecified atom stereocenters. The van der Waals surface area contributed by atoms with E-state index in [1.165, 1.54) is 12.1 Å². The predicted octanol–water partition coefficient (Wildman–Crippen LogP) is 3.82. The molecule has 0 aromatic heterocycles. The Morgan fingerprint density at radius 3 is 2.69 bits per heavy atom. The highest BCUT2D eigenvalue weighted by Gasteiger charge is 2.12. The maximum Gasteiger partial charge on any atom is 0.124 e. The predicted molar refractivity (Wildman–Crippen MR) is 65.2 cm³/mol. The lowest BCUT2D eigenvalue weighted by molar-refractivity contribution is 0.144. The molecule has 90 valence electrons. The summed E-state index contributed by atoms with van der Waals surface area (Å²) in [4.78, 5) is 0. The number of aliphatic hydroxyl groups excluding tert-OH is 1. The van der Waals surface area contributed by atoms with Crippen LogP contribution in [0, 0.1) is 11.7 Å². The zero-order chi connectivity index (χ0) is 12.1. The molecule has 0 aliphatic heterocycles. The van der Waals surface area contributed by atoms with Gasteiger partial charge in [0.1, 0.15) is 5.82 Å². The van der Waals surface area contributed by atoms with Crippen molar-refractivity contribution in [3.8, 4) is 0 Å². The third-order valence-electron chi connectivity index (χ3n) is 2.84. The van der Waals surface area contributed by atoms with Crippen molar-refractivity contribution in [2.24, 2.45) is 5.92 Å². The molecule has 1 nitrogen and oxygen atoms in total. The monoisotopic (exact) mass is 244 g/mol. The summed E-state index contributed by atoms with van der Waals surface area (Å²) in [6, 6.07) is 4.29. The highest BCUT2D eigenvalue weighted by atomic mass is 35.5. The molecular formula is C13H18ClFO. The standard InChI is InChI=1S/C13H18ClFO/c1-3-9(2)6-12(16)7-10-4-5-11(15)8-13(10)14/h4-5,8-9,12,16H,3,6-7H2,1-2H3. The van der Waals surface area contributed by atoms with Crippen LogP contribution in [-0.4, -0.2) is 11.2 Å². The van der Waals surface area contributed by atoms with Crippen LogP contribution in [0.3, 0.4) is 0 Å². The minimum atomic E-state index is -0.405. The van der Waals surface area contributed by atoms with Gasteiger partial charge in [-0.15, -0.1) is 0 Å². The van der Waals surface area contributed by atoms with Crippen LogP contribution in [0.15, 0.2) is 18.2 Å². The summed E-state index contributed by atoms with van der Waals surface area (Å²) in [6.45, 7) is 4.21. The number of halogens is 2. The molecular weight excluding hydrogens is 227 g/mol. The van der Waals surface area contributed by atoms with Gasteiger partial charge in [0.15, 0.2) is 0 Å². The third kappa shape index (κ3) is 4.11. The topological polar surface area (TPSA) is 20.2 Å². The Bertz CT molecular complexity index is 341. The molecule has 0 amide bonds. The van der Waals surface area contributed by atoms with Crippen LogP contribution < -0.4 is 0 Å². The fourth-order valence-corrected chi connectivity index (χ4v) is 1.90. The molecule has 1 N–H and O–H groups in total. The van der Waals surface area contributed by atoms with Crippen molar-refractivity contribution >= 4 is 11.6 Å². The first-order valence-corrected chi connectivity index (χ1v) is 6.02. The average molecular weight is 245 g/mol. The Kier molecular flexibility index (Phi) is 5.23. The van der Waals surface area contributed by atoms with E-state index in [0.717, 1.165) is 18.4 Å². The van der Waals surface area contributed by atoms with Gasteiger partial charge in [0.05, 0.1) is 6.10 Å². The summed E-state index contributed by atoms with van der Waals surface area (Å²) in [7, 11) is 0. The van der Waals surface area contributed by atoms with Crippen molar-refractivity contribution in [3.05, 3.63) is 34.6 Å². The number of rotatable bonds is 5. The SMILES string of the molecule is CCC(C)CC(O)Cc1ccc(F)cc1Cl. The van der Waals surface area contributed by atoms with E-state index in [-0.39, 0.29) is 5.82 Å². The smallest absolute Gasteiger partial charge is 0.124 e. The normalized spacial score (nSPS) is 14.8. The molecule has 3 heteroatoms. The lowest BCUT2D eigenvalue weighted by atomic mass is 9.97. The third-order valence-corrected chi connectivity index (χ3v) is 3.19. The zero-order valence-electron chi connectivity index (χ0n) is 9.71. The molecule has 16 heavy (non-hydrogen) atoms. The van der Waals surface area contributed by atoms with Gasteiger partial charge in [-0.25, -0.2) is 4.39 Å². The van der Waals surface area contributed by atoms with E-state index in [1.54, 1.807) is 6.07 Å². The first kappa shape index (κ1) is 13.5. The highest BCUT2D eigenvalue weighted by Crippen LogP contribution is 2.21. The summed E-state index contributed by atoms with van der Waals surface area (Å²) in [5, 5.41) is 10.2. The van der Waals surface area contributed by atoms with E-state index in [9.17, 15) is 9.50 Å². The highest BCUT2D eigenvalue weighted by molar-refractivity contribution is 6.31. The largest absolute Gasteiger partial charge is 0.393 e. The first-order chi connectivity index (χ1) is 7.52. The van der Waals surface area contributed by atoms with Crippen molar-refractivity contribution in [2.45, 2.75) is 39.2 Å². The second-order valence-corrected chi connectivity index (χ2v) is 4.75. The van der Waals surface area contributed by atoms with Crippen molar-refractivity contribution in [3.63, 3.8) is 0 Å². The first-order valence-electron chi connectivity index (χ1n) is 5.65. The Morgan fingerprint density at radius 2 is 2.12 bits per heavy atom. The summed E-state index contributed by atoms with van der Waals surface area (Å²) in [5.41, 5.74) is 0.805. The summed E-state index contributed by atoms with van der Waals surface area (Å²) >= 11 is 5.89. The number of aliphatic hydroxyl groups is 1. The molecule has 1 aromatic rings. The number of benzene rings is 1. The van der Waals surface area contributed by atoms with E-state index in [0.29, 0.717) is 17.4 Å². The van der Waals surface area contributed by atoms with Crippen LogP contribution in [0.4, 0.5) is 4.39 Å². The fraction of sp³-hybridized carbons (Fsp3) is 0.538. The molecule has 0 saturated carbocycles. The lowest BCUT2D eigenvalue weighted by Gasteiger charge is -2.15. The Labute approximate surface area is 101 Å². The molecule has 2 atom stereocenters. The van der Waals surface area contributed by atoms with E-state index >= 15 is 0 Å². The van der Waals surface area contributed by atoms with Gasteiger partial charge in [0.2, 0.25) is 0 Å². The second kappa shape index (κ2) is 6.21. The molecule has 1 aromatic carbocycles. The molecule has 0 aliphatic carbocycles. The van der Waals surface area contributed by atoms with Gasteiger partial charge < -0.3 is 5.11 Å². The van der Waals surface area contributed by atoms with E-state index in [4.69, 9.17) is 11.6 Å². The van der Waals surface area contributed by atoms with Gasteiger partial charge in [-0.1, -0.05) is 37.9 Å². The van der Waals surface area contributed by atoms with E-state index < -0.39 is 6.10 Å². The minimum absolute atomic E-state index is 0.342. The van der Waals surface area contributed by atoms with Crippen molar-refractivity contribution < 1.29 is 9.50 Å².